The van der Waals surface area contributed by atoms with E-state index in [1.807, 2.05) is 32.0 Å². The second kappa shape index (κ2) is 4.10. The molecule has 0 amide bonds. The van der Waals surface area contributed by atoms with Crippen molar-refractivity contribution < 1.29 is 4.79 Å². The average Bonchev–Trinajstić information content (AvgIpc) is 2.59. The van der Waals surface area contributed by atoms with Crippen molar-refractivity contribution in [3.63, 3.8) is 0 Å². The molecular formula is C12H11ClN2O. The Kier molecular flexibility index (Phi) is 2.79. The van der Waals surface area contributed by atoms with Crippen LogP contribution in [0.2, 0.25) is 5.02 Å². The number of aldehydes is 1. The number of rotatable bonds is 2. The smallest absolute Gasteiger partial charge is 0.153 e. The highest BCUT2D eigenvalue weighted by Gasteiger charge is 2.07. The number of halogens is 1. The van der Waals surface area contributed by atoms with Gasteiger partial charge in [-0.1, -0.05) is 11.6 Å². The van der Waals surface area contributed by atoms with Crippen LogP contribution in [0.5, 0.6) is 0 Å². The van der Waals surface area contributed by atoms with Crippen LogP contribution in [-0.4, -0.2) is 16.1 Å². The van der Waals surface area contributed by atoms with Crippen LogP contribution >= 0.6 is 11.6 Å². The first-order valence-electron chi connectivity index (χ1n) is 4.90. The number of nitrogens with zero attached hydrogens (tertiary/aromatic N) is 2. The maximum Gasteiger partial charge on any atom is 0.153 e. The molecular weight excluding hydrogens is 224 g/mol. The minimum atomic E-state index is 0.606. The lowest BCUT2D eigenvalue weighted by molar-refractivity contribution is 0.112. The first-order chi connectivity index (χ1) is 7.61. The summed E-state index contributed by atoms with van der Waals surface area (Å²) in [6.45, 7) is 3.77. The van der Waals surface area contributed by atoms with E-state index in [2.05, 4.69) is 5.10 Å². The van der Waals surface area contributed by atoms with Gasteiger partial charge in [-0.25, -0.2) is 4.68 Å². The van der Waals surface area contributed by atoms with Gasteiger partial charge in [-0.05, 0) is 37.6 Å². The summed E-state index contributed by atoms with van der Waals surface area (Å²) in [6, 6.07) is 5.56. The van der Waals surface area contributed by atoms with Crippen molar-refractivity contribution in [2.45, 2.75) is 13.8 Å². The summed E-state index contributed by atoms with van der Waals surface area (Å²) < 4.78 is 1.70. The minimum absolute atomic E-state index is 0.606. The molecule has 3 nitrogen and oxygen atoms in total. The Morgan fingerprint density at radius 2 is 2.12 bits per heavy atom. The second-order valence-electron chi connectivity index (χ2n) is 3.66. The van der Waals surface area contributed by atoms with Gasteiger partial charge in [-0.2, -0.15) is 5.10 Å². The Balaban J connectivity index is 2.54. The van der Waals surface area contributed by atoms with Gasteiger partial charge in [0, 0.05) is 11.2 Å². The van der Waals surface area contributed by atoms with Gasteiger partial charge in [-0.15, -0.1) is 0 Å². The molecule has 4 heteroatoms. The Morgan fingerprint density at radius 3 is 2.69 bits per heavy atom. The van der Waals surface area contributed by atoms with Crippen LogP contribution in [0, 0.1) is 13.8 Å². The number of hydrogen-bond acceptors (Lipinski definition) is 2. The van der Waals surface area contributed by atoms with Gasteiger partial charge in [-0.3, -0.25) is 4.79 Å². The number of aromatic nitrogens is 2. The standard InChI is InChI=1S/C12H11ClN2O/c1-8-5-11(13)3-4-12(8)15-6-10(7-16)9(2)14-15/h3-7H,1-2H3. The third kappa shape index (κ3) is 1.86. The van der Waals surface area contributed by atoms with Crippen LogP contribution in [-0.2, 0) is 0 Å². The van der Waals surface area contributed by atoms with Crippen LogP contribution in [0.1, 0.15) is 21.6 Å². The molecule has 1 aromatic carbocycles. The van der Waals surface area contributed by atoms with Crippen molar-refractivity contribution in [3.05, 3.63) is 46.2 Å². The lowest BCUT2D eigenvalue weighted by atomic mass is 10.2. The molecule has 0 aliphatic heterocycles. The Labute approximate surface area is 98.7 Å². The molecule has 0 N–H and O–H groups in total. The molecule has 16 heavy (non-hydrogen) atoms. The molecule has 0 spiro atoms. The summed E-state index contributed by atoms with van der Waals surface area (Å²) in [7, 11) is 0. The van der Waals surface area contributed by atoms with E-state index in [1.165, 1.54) is 0 Å². The maximum atomic E-state index is 10.7. The van der Waals surface area contributed by atoms with E-state index in [9.17, 15) is 4.79 Å². The van der Waals surface area contributed by atoms with E-state index in [4.69, 9.17) is 11.6 Å². The zero-order chi connectivity index (χ0) is 11.7. The molecule has 0 unspecified atom stereocenters. The molecule has 1 heterocycles. The van der Waals surface area contributed by atoms with Crippen molar-refractivity contribution in [1.82, 2.24) is 9.78 Å². The van der Waals surface area contributed by atoms with E-state index in [1.54, 1.807) is 10.9 Å². The predicted molar refractivity (Wildman–Crippen MR) is 63.4 cm³/mol. The maximum absolute atomic E-state index is 10.7. The molecule has 2 rings (SSSR count). The quantitative estimate of drug-likeness (QED) is 0.749. The van der Waals surface area contributed by atoms with Crippen LogP contribution in [0.4, 0.5) is 0 Å². The molecule has 0 aliphatic rings. The lowest BCUT2D eigenvalue weighted by Gasteiger charge is -2.05. The Morgan fingerprint density at radius 1 is 1.38 bits per heavy atom. The summed E-state index contributed by atoms with van der Waals surface area (Å²) >= 11 is 5.88. The lowest BCUT2D eigenvalue weighted by Crippen LogP contribution is -1.97. The fourth-order valence-corrected chi connectivity index (χ4v) is 1.82. The molecule has 0 saturated heterocycles. The molecule has 2 aromatic rings. The fourth-order valence-electron chi connectivity index (χ4n) is 1.59. The normalized spacial score (nSPS) is 10.4. The second-order valence-corrected chi connectivity index (χ2v) is 4.10. The molecule has 82 valence electrons. The minimum Gasteiger partial charge on any atom is -0.298 e. The number of carbonyl (C=O) groups is 1. The number of aryl methyl sites for hydroxylation is 2. The van der Waals surface area contributed by atoms with Crippen molar-refractivity contribution in [2.75, 3.05) is 0 Å². The van der Waals surface area contributed by atoms with Gasteiger partial charge in [0.2, 0.25) is 0 Å². The summed E-state index contributed by atoms with van der Waals surface area (Å²) in [4.78, 5) is 10.7. The van der Waals surface area contributed by atoms with Crippen molar-refractivity contribution in [2.24, 2.45) is 0 Å². The zero-order valence-corrected chi connectivity index (χ0v) is 9.82. The van der Waals surface area contributed by atoms with Gasteiger partial charge in [0.1, 0.15) is 0 Å². The van der Waals surface area contributed by atoms with Gasteiger partial charge in [0.05, 0.1) is 16.9 Å². The van der Waals surface area contributed by atoms with Crippen LogP contribution < -0.4 is 0 Å². The molecule has 0 bridgehead atoms. The number of benzene rings is 1. The summed E-state index contributed by atoms with van der Waals surface area (Å²) in [6.07, 6.45) is 2.53. The van der Waals surface area contributed by atoms with Gasteiger partial charge in [0.15, 0.2) is 6.29 Å². The van der Waals surface area contributed by atoms with Crippen LogP contribution in [0.15, 0.2) is 24.4 Å². The third-order valence-corrected chi connectivity index (χ3v) is 2.70. The van der Waals surface area contributed by atoms with E-state index in [0.29, 0.717) is 10.6 Å². The van der Waals surface area contributed by atoms with Gasteiger partial charge in [0.25, 0.3) is 0 Å². The molecule has 0 atom stereocenters. The largest absolute Gasteiger partial charge is 0.298 e. The molecule has 0 radical (unpaired) electrons. The summed E-state index contributed by atoms with van der Waals surface area (Å²) in [5, 5.41) is 4.98. The Bertz CT molecular complexity index is 546. The molecule has 0 aliphatic carbocycles. The number of carbonyl (C=O) groups excluding carboxylic acids is 1. The van der Waals surface area contributed by atoms with Crippen molar-refractivity contribution >= 4 is 17.9 Å². The third-order valence-electron chi connectivity index (χ3n) is 2.47. The highest BCUT2D eigenvalue weighted by molar-refractivity contribution is 6.30. The topological polar surface area (TPSA) is 34.9 Å². The average molecular weight is 235 g/mol. The van der Waals surface area contributed by atoms with Crippen LogP contribution in [0.25, 0.3) is 5.69 Å². The first-order valence-corrected chi connectivity index (χ1v) is 5.27. The highest BCUT2D eigenvalue weighted by atomic mass is 35.5. The van der Waals surface area contributed by atoms with Gasteiger partial charge < -0.3 is 0 Å². The first kappa shape index (κ1) is 10.9. The highest BCUT2D eigenvalue weighted by Crippen LogP contribution is 2.19. The monoisotopic (exact) mass is 234 g/mol. The summed E-state index contributed by atoms with van der Waals surface area (Å²) in [5.41, 5.74) is 3.28. The molecule has 0 saturated carbocycles. The van der Waals surface area contributed by atoms with Crippen molar-refractivity contribution in [1.29, 1.82) is 0 Å². The van der Waals surface area contributed by atoms with Crippen molar-refractivity contribution in [3.8, 4) is 5.69 Å². The van der Waals surface area contributed by atoms with E-state index < -0.39 is 0 Å². The molecule has 0 fully saturated rings. The fraction of sp³-hybridized carbons (Fsp3) is 0.167. The Hall–Kier alpha value is -1.61. The zero-order valence-electron chi connectivity index (χ0n) is 9.07. The number of hydrogen-bond donors (Lipinski definition) is 0. The van der Waals surface area contributed by atoms with Gasteiger partial charge >= 0.3 is 0 Å². The van der Waals surface area contributed by atoms with Crippen LogP contribution in [0.3, 0.4) is 0 Å². The van der Waals surface area contributed by atoms with E-state index in [0.717, 1.165) is 23.2 Å². The summed E-state index contributed by atoms with van der Waals surface area (Å²) in [5.74, 6) is 0. The van der Waals surface area contributed by atoms with E-state index in [-0.39, 0.29) is 0 Å². The SMILES string of the molecule is Cc1cc(Cl)ccc1-n1cc(C=O)c(C)n1. The van der Waals surface area contributed by atoms with E-state index >= 15 is 0 Å². The predicted octanol–water partition coefficient (Wildman–Crippen LogP) is 2.96. The molecule has 1 aromatic heterocycles.